The number of nitrogens with two attached hydrogens (primary N) is 1. The fraction of sp³-hybridized carbons (Fsp3) is 0.391. The van der Waals surface area contributed by atoms with Crippen LogP contribution in [0.3, 0.4) is 0 Å². The third-order valence-electron chi connectivity index (χ3n) is 4.87. The molecule has 0 unspecified atom stereocenters. The molecule has 1 saturated heterocycles. The van der Waals surface area contributed by atoms with E-state index in [1.165, 1.54) is 4.90 Å². The van der Waals surface area contributed by atoms with E-state index in [9.17, 15) is 4.39 Å². The van der Waals surface area contributed by atoms with Crippen LogP contribution in [0.15, 0.2) is 47.4 Å². The quantitative estimate of drug-likeness (QED) is 0.558. The average molecular weight is 399 g/mol. The number of thioether (sulfide) groups is 1. The van der Waals surface area contributed by atoms with Crippen LogP contribution in [0.4, 0.5) is 4.39 Å². The zero-order valence-electron chi connectivity index (χ0n) is 16.3. The van der Waals surface area contributed by atoms with Gasteiger partial charge in [-0.05, 0) is 61.6 Å². The van der Waals surface area contributed by atoms with E-state index >= 15 is 0 Å². The maximum atomic E-state index is 13.2. The molecule has 0 amide bonds. The zero-order chi connectivity index (χ0) is 19.8. The average Bonchev–Trinajstić information content (AvgIpc) is 2.74. The minimum absolute atomic E-state index is 0.395. The summed E-state index contributed by atoms with van der Waals surface area (Å²) in [6.07, 6.45) is 3.51. The Morgan fingerprint density at radius 1 is 1.18 bits per heavy atom. The molecule has 2 N–H and O–H groups in total. The Morgan fingerprint density at radius 2 is 1.93 bits per heavy atom. The minimum Gasteiger partial charge on any atom is -0.457 e. The first-order valence-electron chi connectivity index (χ1n) is 9.68. The van der Waals surface area contributed by atoms with Crippen LogP contribution in [0.25, 0.3) is 0 Å². The molecule has 3 nitrogen and oxygen atoms in total. The summed E-state index contributed by atoms with van der Waals surface area (Å²) in [4.78, 5) is 3.49. The van der Waals surface area contributed by atoms with E-state index in [0.717, 1.165) is 48.7 Å². The lowest BCUT2D eigenvalue weighted by atomic mass is 10.1. The van der Waals surface area contributed by atoms with E-state index in [0.29, 0.717) is 19.4 Å². The molecule has 1 aliphatic heterocycles. The Labute approximate surface area is 171 Å². The highest BCUT2D eigenvalue weighted by Gasteiger charge is 2.17. The van der Waals surface area contributed by atoms with Crippen molar-refractivity contribution in [3.05, 3.63) is 53.6 Å². The minimum atomic E-state index is -0.624. The van der Waals surface area contributed by atoms with Crippen molar-refractivity contribution in [3.63, 3.8) is 0 Å². The number of benzene rings is 2. The van der Waals surface area contributed by atoms with E-state index in [2.05, 4.69) is 16.7 Å². The molecule has 2 aromatic rings. The van der Waals surface area contributed by atoms with Gasteiger partial charge >= 0.3 is 0 Å². The first kappa shape index (κ1) is 20.7. The molecule has 1 heterocycles. The summed E-state index contributed by atoms with van der Waals surface area (Å²) < 4.78 is 19.2. The molecule has 0 atom stereocenters. The van der Waals surface area contributed by atoms with Gasteiger partial charge in [-0.25, -0.2) is 4.39 Å². The predicted octanol–water partition coefficient (Wildman–Crippen LogP) is 4.84. The van der Waals surface area contributed by atoms with Crippen molar-refractivity contribution < 1.29 is 9.13 Å². The normalized spacial score (nSPS) is 15.1. The van der Waals surface area contributed by atoms with Crippen molar-refractivity contribution in [1.82, 2.24) is 4.90 Å². The zero-order valence-corrected chi connectivity index (χ0v) is 17.1. The lowest BCUT2D eigenvalue weighted by Gasteiger charge is -2.27. The van der Waals surface area contributed by atoms with Gasteiger partial charge in [0.25, 0.3) is 0 Å². The topological polar surface area (TPSA) is 38.5 Å². The molecule has 5 heteroatoms. The van der Waals surface area contributed by atoms with Gasteiger partial charge in [-0.1, -0.05) is 11.8 Å². The van der Waals surface area contributed by atoms with Crippen LogP contribution in [-0.2, 0) is 6.54 Å². The van der Waals surface area contributed by atoms with Gasteiger partial charge < -0.3 is 15.4 Å². The van der Waals surface area contributed by atoms with Crippen LogP contribution in [0.2, 0.25) is 0 Å². The van der Waals surface area contributed by atoms with Crippen LogP contribution in [0, 0.1) is 11.8 Å². The van der Waals surface area contributed by atoms with Crippen molar-refractivity contribution in [3.8, 4) is 23.3 Å². The van der Waals surface area contributed by atoms with Crippen LogP contribution in [0.1, 0.15) is 30.4 Å². The van der Waals surface area contributed by atoms with Gasteiger partial charge in [-0.3, -0.25) is 0 Å². The lowest BCUT2D eigenvalue weighted by molar-refractivity contribution is 0.153. The summed E-state index contributed by atoms with van der Waals surface area (Å²) in [7, 11) is 0. The molecule has 0 bridgehead atoms. The number of rotatable bonds is 6. The monoisotopic (exact) mass is 398 g/mol. The summed E-state index contributed by atoms with van der Waals surface area (Å²) in [5.41, 5.74) is 7.79. The molecule has 148 valence electrons. The second-order valence-electron chi connectivity index (χ2n) is 6.87. The van der Waals surface area contributed by atoms with E-state index in [4.69, 9.17) is 10.5 Å². The molecule has 0 aliphatic carbocycles. The third kappa shape index (κ3) is 6.00. The molecule has 0 saturated carbocycles. The molecule has 0 aromatic heterocycles. The van der Waals surface area contributed by atoms with Crippen LogP contribution in [-0.4, -0.2) is 37.0 Å². The van der Waals surface area contributed by atoms with Gasteiger partial charge in [0.2, 0.25) is 0 Å². The number of ether oxygens (including phenoxy) is 1. The Hall–Kier alpha value is -2.00. The van der Waals surface area contributed by atoms with Gasteiger partial charge in [0.1, 0.15) is 17.7 Å². The van der Waals surface area contributed by atoms with Crippen molar-refractivity contribution in [2.45, 2.75) is 36.9 Å². The summed E-state index contributed by atoms with van der Waals surface area (Å²) in [5.74, 6) is 7.99. The van der Waals surface area contributed by atoms with Crippen LogP contribution >= 0.6 is 11.8 Å². The SMILES string of the molecule is CSc1ccc(Oc2ccc(C#CCCN3CCC(F)CC3)cc2CN)cc1. The molecular formula is C23H27FN2OS. The van der Waals surface area contributed by atoms with Gasteiger partial charge in [0, 0.05) is 48.6 Å². The first-order valence-corrected chi connectivity index (χ1v) is 10.9. The van der Waals surface area contributed by atoms with Crippen molar-refractivity contribution >= 4 is 11.8 Å². The van der Waals surface area contributed by atoms with E-state index in [1.54, 1.807) is 11.8 Å². The molecule has 2 aromatic carbocycles. The van der Waals surface area contributed by atoms with E-state index in [1.807, 2.05) is 48.7 Å². The molecule has 28 heavy (non-hydrogen) atoms. The highest BCUT2D eigenvalue weighted by Crippen LogP contribution is 2.27. The fourth-order valence-corrected chi connectivity index (χ4v) is 3.60. The molecule has 0 radical (unpaired) electrons. The highest BCUT2D eigenvalue weighted by molar-refractivity contribution is 7.98. The first-order chi connectivity index (χ1) is 13.7. The van der Waals surface area contributed by atoms with E-state index < -0.39 is 6.17 Å². The summed E-state index contributed by atoms with van der Waals surface area (Å²) >= 11 is 1.70. The Balaban J connectivity index is 1.58. The highest BCUT2D eigenvalue weighted by atomic mass is 32.2. The van der Waals surface area contributed by atoms with Crippen molar-refractivity contribution in [2.75, 3.05) is 25.9 Å². The number of likely N-dealkylation sites (tertiary alicyclic amines) is 1. The number of hydrogen-bond acceptors (Lipinski definition) is 4. The summed E-state index contributed by atoms with van der Waals surface area (Å²) in [6, 6.07) is 13.9. The molecular weight excluding hydrogens is 371 g/mol. The molecule has 3 rings (SSSR count). The predicted molar refractivity (Wildman–Crippen MR) is 115 cm³/mol. The fourth-order valence-electron chi connectivity index (χ4n) is 3.19. The largest absolute Gasteiger partial charge is 0.457 e. The standard InChI is InChI=1S/C23H27FN2OS/c1-28-22-8-6-21(7-9-22)27-23-10-5-18(16-19(23)17-25)4-2-3-13-26-14-11-20(24)12-15-26/h5-10,16,20H,3,11-15,17,25H2,1H3. The summed E-state index contributed by atoms with van der Waals surface area (Å²) in [5, 5.41) is 0. The second-order valence-corrected chi connectivity index (χ2v) is 7.75. The van der Waals surface area contributed by atoms with Crippen molar-refractivity contribution in [2.24, 2.45) is 5.73 Å². The smallest absolute Gasteiger partial charge is 0.131 e. The lowest BCUT2D eigenvalue weighted by Crippen LogP contribution is -2.34. The second kappa shape index (κ2) is 10.5. The van der Waals surface area contributed by atoms with E-state index in [-0.39, 0.29) is 0 Å². The van der Waals surface area contributed by atoms with Gasteiger partial charge in [0.15, 0.2) is 0 Å². The third-order valence-corrected chi connectivity index (χ3v) is 5.61. The Morgan fingerprint density at radius 3 is 2.61 bits per heavy atom. The number of nitrogens with zero attached hydrogens (tertiary/aromatic N) is 1. The summed E-state index contributed by atoms with van der Waals surface area (Å²) in [6.45, 7) is 2.97. The van der Waals surface area contributed by atoms with Gasteiger partial charge in [-0.15, -0.1) is 11.8 Å². The number of alkyl halides is 1. The number of hydrogen-bond donors (Lipinski definition) is 1. The molecule has 1 fully saturated rings. The Kier molecular flexibility index (Phi) is 7.79. The molecule has 1 aliphatic rings. The molecule has 0 spiro atoms. The van der Waals surface area contributed by atoms with Crippen LogP contribution < -0.4 is 10.5 Å². The maximum absolute atomic E-state index is 13.2. The Bertz CT molecular complexity index is 821. The van der Waals surface area contributed by atoms with Crippen LogP contribution in [0.5, 0.6) is 11.5 Å². The number of piperidine rings is 1. The van der Waals surface area contributed by atoms with Crippen molar-refractivity contribution in [1.29, 1.82) is 0 Å². The number of halogens is 1. The van der Waals surface area contributed by atoms with Gasteiger partial charge in [0.05, 0.1) is 0 Å². The van der Waals surface area contributed by atoms with Gasteiger partial charge in [-0.2, -0.15) is 0 Å². The maximum Gasteiger partial charge on any atom is 0.131 e.